The molecule has 2 heteroatoms. The van der Waals surface area contributed by atoms with Crippen molar-refractivity contribution in [3.05, 3.63) is 46.4 Å². The lowest BCUT2D eigenvalue weighted by atomic mass is 9.99. The van der Waals surface area contributed by atoms with E-state index in [1.807, 2.05) is 6.92 Å². The highest BCUT2D eigenvalue weighted by atomic mass is 32.2. The zero-order chi connectivity index (χ0) is 12.1. The van der Waals surface area contributed by atoms with E-state index in [0.717, 1.165) is 0 Å². The number of hydrogen-bond acceptors (Lipinski definition) is 2. The Bertz CT molecular complexity index is 369. The Morgan fingerprint density at radius 3 is 2.56 bits per heavy atom. The molecule has 2 N–H and O–H groups in total. The number of nitrogens with two attached hydrogens (primary N) is 1. The monoisotopic (exact) mass is 235 g/mol. The Morgan fingerprint density at radius 2 is 2.06 bits per heavy atom. The quantitative estimate of drug-likeness (QED) is 0.797. The van der Waals surface area contributed by atoms with Crippen LogP contribution in [-0.2, 0) is 0 Å². The number of rotatable bonds is 4. The maximum absolute atomic E-state index is 5.84. The minimum Gasteiger partial charge on any atom is -0.319 e. The molecule has 88 valence electrons. The number of aryl methyl sites for hydroxylation is 1. The van der Waals surface area contributed by atoms with Gasteiger partial charge in [0.2, 0.25) is 0 Å². The van der Waals surface area contributed by atoms with E-state index in [4.69, 9.17) is 5.73 Å². The minimum atomic E-state index is 0.151. The van der Waals surface area contributed by atoms with Crippen molar-refractivity contribution in [3.8, 4) is 0 Å². The Morgan fingerprint density at radius 1 is 1.38 bits per heavy atom. The summed E-state index contributed by atoms with van der Waals surface area (Å²) in [7, 11) is 0. The molecule has 0 spiro atoms. The molecule has 0 fully saturated rings. The minimum absolute atomic E-state index is 0.151. The first-order valence-electron chi connectivity index (χ1n) is 5.69. The molecule has 2 unspecified atom stereocenters. The van der Waals surface area contributed by atoms with E-state index in [0.29, 0.717) is 5.92 Å². The highest BCUT2D eigenvalue weighted by Crippen LogP contribution is 2.33. The Hall–Kier alpha value is -0.730. The van der Waals surface area contributed by atoms with Gasteiger partial charge in [0, 0.05) is 5.92 Å². The molecule has 0 aliphatic heterocycles. The Kier molecular flexibility index (Phi) is 5.10. The molecule has 1 aromatic rings. The largest absolute Gasteiger partial charge is 0.319 e. The van der Waals surface area contributed by atoms with Crippen molar-refractivity contribution in [2.24, 2.45) is 5.73 Å². The zero-order valence-electron chi connectivity index (χ0n) is 10.5. The van der Waals surface area contributed by atoms with Crippen LogP contribution in [0.1, 0.15) is 37.8 Å². The lowest BCUT2D eigenvalue weighted by Crippen LogP contribution is -2.11. The Labute approximate surface area is 103 Å². The second-order valence-electron chi connectivity index (χ2n) is 4.15. The first-order chi connectivity index (χ1) is 7.54. The van der Waals surface area contributed by atoms with Crippen LogP contribution in [0.5, 0.6) is 0 Å². The smallest absolute Gasteiger partial charge is 0.0522 e. The normalized spacial score (nSPS) is 15.9. The van der Waals surface area contributed by atoms with Crippen LogP contribution in [0.2, 0.25) is 0 Å². The van der Waals surface area contributed by atoms with Crippen molar-refractivity contribution in [3.63, 3.8) is 0 Å². The molecule has 2 atom stereocenters. The summed E-state index contributed by atoms with van der Waals surface area (Å²) in [6, 6.07) is 8.67. The van der Waals surface area contributed by atoms with Crippen LogP contribution in [0.4, 0.5) is 0 Å². The molecule has 0 saturated carbocycles. The molecule has 1 nitrogen and oxygen atoms in total. The van der Waals surface area contributed by atoms with Gasteiger partial charge in [-0.3, -0.25) is 0 Å². The van der Waals surface area contributed by atoms with Crippen molar-refractivity contribution in [1.82, 2.24) is 0 Å². The summed E-state index contributed by atoms with van der Waals surface area (Å²) in [4.78, 5) is 1.35. The first kappa shape index (κ1) is 13.3. The van der Waals surface area contributed by atoms with Gasteiger partial charge in [0.25, 0.3) is 0 Å². The van der Waals surface area contributed by atoms with Crippen molar-refractivity contribution in [2.75, 3.05) is 0 Å². The maximum atomic E-state index is 5.84. The SMILES string of the molecule is C/C=C(\SC(C)N)C(C)c1cccc(C)c1. The first-order valence-corrected chi connectivity index (χ1v) is 6.57. The van der Waals surface area contributed by atoms with Crippen molar-refractivity contribution >= 4 is 11.8 Å². The van der Waals surface area contributed by atoms with Gasteiger partial charge in [-0.15, -0.1) is 11.8 Å². The van der Waals surface area contributed by atoms with Crippen LogP contribution in [0.15, 0.2) is 35.2 Å². The number of allylic oxidation sites excluding steroid dienone is 2. The van der Waals surface area contributed by atoms with Gasteiger partial charge in [-0.1, -0.05) is 42.8 Å². The van der Waals surface area contributed by atoms with Crippen LogP contribution in [-0.4, -0.2) is 5.37 Å². The second kappa shape index (κ2) is 6.12. The second-order valence-corrected chi connectivity index (χ2v) is 5.60. The molecule has 0 saturated heterocycles. The third-order valence-electron chi connectivity index (χ3n) is 2.58. The lowest BCUT2D eigenvalue weighted by molar-refractivity contribution is 0.938. The third-order valence-corrected chi connectivity index (χ3v) is 3.81. The molecule has 0 amide bonds. The summed E-state index contributed by atoms with van der Waals surface area (Å²) >= 11 is 1.75. The summed E-state index contributed by atoms with van der Waals surface area (Å²) < 4.78 is 0. The molecular formula is C14H21NS. The lowest BCUT2D eigenvalue weighted by Gasteiger charge is -2.18. The van der Waals surface area contributed by atoms with Crippen molar-refractivity contribution < 1.29 is 0 Å². The molecule has 0 aliphatic carbocycles. The summed E-state index contributed by atoms with van der Waals surface area (Å²) in [5.74, 6) is 0.431. The van der Waals surface area contributed by atoms with Gasteiger partial charge >= 0.3 is 0 Å². The van der Waals surface area contributed by atoms with E-state index in [9.17, 15) is 0 Å². The molecule has 1 aromatic carbocycles. The summed E-state index contributed by atoms with van der Waals surface area (Å²) in [6.07, 6.45) is 2.17. The summed E-state index contributed by atoms with van der Waals surface area (Å²) in [5, 5.41) is 0.151. The molecule has 0 radical (unpaired) electrons. The topological polar surface area (TPSA) is 26.0 Å². The highest BCUT2D eigenvalue weighted by molar-refractivity contribution is 8.03. The highest BCUT2D eigenvalue weighted by Gasteiger charge is 2.12. The van der Waals surface area contributed by atoms with Crippen LogP contribution >= 0.6 is 11.8 Å². The standard InChI is InChI=1S/C14H21NS/c1-5-14(16-12(4)15)11(3)13-8-6-7-10(2)9-13/h5-9,11-12H,15H2,1-4H3/b14-5-. The average molecular weight is 235 g/mol. The van der Waals surface area contributed by atoms with Gasteiger partial charge < -0.3 is 5.73 Å². The molecule has 0 heterocycles. The number of hydrogen-bond donors (Lipinski definition) is 1. The van der Waals surface area contributed by atoms with E-state index in [-0.39, 0.29) is 5.37 Å². The van der Waals surface area contributed by atoms with Crippen LogP contribution in [0.25, 0.3) is 0 Å². The van der Waals surface area contributed by atoms with Crippen molar-refractivity contribution in [1.29, 1.82) is 0 Å². The van der Waals surface area contributed by atoms with Gasteiger partial charge in [-0.2, -0.15) is 0 Å². The van der Waals surface area contributed by atoms with E-state index >= 15 is 0 Å². The van der Waals surface area contributed by atoms with Crippen molar-refractivity contribution in [2.45, 2.75) is 39.0 Å². The van der Waals surface area contributed by atoms with Crippen LogP contribution < -0.4 is 5.73 Å². The zero-order valence-corrected chi connectivity index (χ0v) is 11.3. The summed E-state index contributed by atoms with van der Waals surface area (Å²) in [6.45, 7) is 8.47. The molecule has 0 aliphatic rings. The summed E-state index contributed by atoms with van der Waals surface area (Å²) in [5.41, 5.74) is 8.51. The maximum Gasteiger partial charge on any atom is 0.0522 e. The van der Waals surface area contributed by atoms with E-state index in [2.05, 4.69) is 51.1 Å². The number of benzene rings is 1. The molecule has 0 aromatic heterocycles. The molecule has 16 heavy (non-hydrogen) atoms. The Balaban J connectivity index is 2.87. The average Bonchev–Trinajstić information content (AvgIpc) is 2.24. The fraction of sp³-hybridized carbons (Fsp3) is 0.429. The molecule has 1 rings (SSSR count). The molecular weight excluding hydrogens is 214 g/mol. The van der Waals surface area contributed by atoms with Crippen LogP contribution in [0.3, 0.4) is 0 Å². The predicted molar refractivity (Wildman–Crippen MR) is 74.6 cm³/mol. The fourth-order valence-corrected chi connectivity index (χ4v) is 2.64. The predicted octanol–water partition coefficient (Wildman–Crippen LogP) is 4.04. The van der Waals surface area contributed by atoms with Gasteiger partial charge in [-0.25, -0.2) is 0 Å². The third kappa shape index (κ3) is 3.69. The number of thioether (sulfide) groups is 1. The van der Waals surface area contributed by atoms with Gasteiger partial charge in [0.1, 0.15) is 0 Å². The van der Waals surface area contributed by atoms with E-state index in [1.54, 1.807) is 11.8 Å². The van der Waals surface area contributed by atoms with E-state index < -0.39 is 0 Å². The fourth-order valence-electron chi connectivity index (χ4n) is 1.74. The van der Waals surface area contributed by atoms with Gasteiger partial charge in [0.05, 0.1) is 5.37 Å². The van der Waals surface area contributed by atoms with Gasteiger partial charge in [-0.05, 0) is 31.2 Å². The van der Waals surface area contributed by atoms with Gasteiger partial charge in [0.15, 0.2) is 0 Å². The van der Waals surface area contributed by atoms with E-state index in [1.165, 1.54) is 16.0 Å². The van der Waals surface area contributed by atoms with Crippen LogP contribution in [0, 0.1) is 6.92 Å². The molecule has 0 bridgehead atoms.